The Morgan fingerprint density at radius 1 is 0.885 bits per heavy atom. The number of carbonyl (C=O) groups excluding carboxylic acids is 3. The molecule has 0 aliphatic heterocycles. The van der Waals surface area contributed by atoms with Gasteiger partial charge in [-0.15, -0.1) is 0 Å². The number of methoxy groups -OCH3 is 2. The maximum absolute atomic E-state index is 12.3. The molecule has 2 saturated carbocycles. The van der Waals surface area contributed by atoms with E-state index in [1.54, 1.807) is 0 Å². The van der Waals surface area contributed by atoms with E-state index in [1.807, 2.05) is 0 Å². The van der Waals surface area contributed by atoms with Crippen LogP contribution in [0, 0.1) is 17.8 Å². The largest absolute Gasteiger partial charge is 0.512 e. The summed E-state index contributed by atoms with van der Waals surface area (Å²) in [6.07, 6.45) is 7.50. The number of ether oxygens (including phenoxy) is 2. The molecule has 0 spiro atoms. The van der Waals surface area contributed by atoms with E-state index in [1.165, 1.54) is 26.7 Å². The fraction of sp³-hybridized carbons (Fsp3) is 0.737. The molecule has 7 heteroatoms. The third kappa shape index (κ3) is 5.47. The summed E-state index contributed by atoms with van der Waals surface area (Å²) in [5.41, 5.74) is 0. The molecule has 2 aliphatic carbocycles. The number of aliphatic hydroxyl groups is 1. The van der Waals surface area contributed by atoms with E-state index in [9.17, 15) is 19.5 Å². The molecule has 2 N–H and O–H groups in total. The van der Waals surface area contributed by atoms with Crippen LogP contribution in [-0.2, 0) is 23.9 Å². The standard InChI is InChI=1S/C19H29NO6/c1-25-18(23)13-8-14(19(24)26-2)10-15(9-13)20-17(22)11-16(21)12-6-4-3-5-7-12/h11-15,21H,3-10H2,1-2H3,(H,20,22). The second kappa shape index (κ2) is 9.59. The van der Waals surface area contributed by atoms with Gasteiger partial charge in [0.1, 0.15) is 5.76 Å². The molecule has 0 saturated heterocycles. The molecule has 2 aliphatic rings. The first-order valence-corrected chi connectivity index (χ1v) is 9.31. The van der Waals surface area contributed by atoms with Crippen molar-refractivity contribution in [3.8, 4) is 0 Å². The summed E-state index contributed by atoms with van der Waals surface area (Å²) in [5, 5.41) is 13.0. The number of hydrogen-bond donors (Lipinski definition) is 2. The van der Waals surface area contributed by atoms with Crippen LogP contribution in [0.25, 0.3) is 0 Å². The van der Waals surface area contributed by atoms with Crippen molar-refractivity contribution in [3.05, 3.63) is 11.8 Å². The van der Waals surface area contributed by atoms with Gasteiger partial charge >= 0.3 is 11.9 Å². The molecule has 0 heterocycles. The van der Waals surface area contributed by atoms with Crippen molar-refractivity contribution in [1.82, 2.24) is 5.32 Å². The molecule has 0 aromatic heterocycles. The predicted octanol–water partition coefficient (Wildman–Crippen LogP) is 2.26. The highest BCUT2D eigenvalue weighted by Gasteiger charge is 2.37. The Morgan fingerprint density at radius 2 is 1.42 bits per heavy atom. The van der Waals surface area contributed by atoms with Gasteiger partial charge < -0.3 is 19.9 Å². The Hall–Kier alpha value is -2.05. The number of hydrogen-bond acceptors (Lipinski definition) is 6. The van der Waals surface area contributed by atoms with Crippen molar-refractivity contribution < 1.29 is 29.0 Å². The summed E-state index contributed by atoms with van der Waals surface area (Å²) >= 11 is 0. The van der Waals surface area contributed by atoms with Crippen molar-refractivity contribution in [2.24, 2.45) is 17.8 Å². The third-order valence-corrected chi connectivity index (χ3v) is 5.42. The van der Waals surface area contributed by atoms with Crippen molar-refractivity contribution in [2.45, 2.75) is 57.4 Å². The van der Waals surface area contributed by atoms with Crippen molar-refractivity contribution in [3.63, 3.8) is 0 Å². The molecular weight excluding hydrogens is 338 g/mol. The molecular formula is C19H29NO6. The maximum Gasteiger partial charge on any atom is 0.308 e. The highest BCUT2D eigenvalue weighted by Crippen LogP contribution is 2.31. The Labute approximate surface area is 154 Å². The van der Waals surface area contributed by atoms with Crippen LogP contribution in [0.5, 0.6) is 0 Å². The molecule has 26 heavy (non-hydrogen) atoms. The van der Waals surface area contributed by atoms with E-state index in [0.717, 1.165) is 25.7 Å². The predicted molar refractivity (Wildman–Crippen MR) is 94.1 cm³/mol. The zero-order valence-electron chi connectivity index (χ0n) is 15.5. The molecule has 2 atom stereocenters. The fourth-order valence-corrected chi connectivity index (χ4v) is 4.05. The Balaban J connectivity index is 1.99. The number of amides is 1. The highest BCUT2D eigenvalue weighted by molar-refractivity contribution is 5.88. The average Bonchev–Trinajstić information content (AvgIpc) is 2.66. The Bertz CT molecular complexity index is 528. The molecule has 0 aromatic rings. The van der Waals surface area contributed by atoms with Crippen LogP contribution < -0.4 is 5.32 Å². The van der Waals surface area contributed by atoms with Gasteiger partial charge in [-0.2, -0.15) is 0 Å². The van der Waals surface area contributed by atoms with Gasteiger partial charge in [-0.25, -0.2) is 0 Å². The van der Waals surface area contributed by atoms with E-state index in [2.05, 4.69) is 5.32 Å². The van der Waals surface area contributed by atoms with Crippen LogP contribution >= 0.6 is 0 Å². The minimum atomic E-state index is -0.459. The second-order valence-electron chi connectivity index (χ2n) is 7.26. The lowest BCUT2D eigenvalue weighted by molar-refractivity contribution is -0.152. The minimum absolute atomic E-state index is 0.0477. The maximum atomic E-state index is 12.3. The molecule has 1 amide bonds. The first kappa shape index (κ1) is 20.3. The quantitative estimate of drug-likeness (QED) is 0.439. The van der Waals surface area contributed by atoms with E-state index in [-0.39, 0.29) is 17.7 Å². The monoisotopic (exact) mass is 367 g/mol. The zero-order valence-corrected chi connectivity index (χ0v) is 15.5. The normalized spacial score (nSPS) is 27.5. The molecule has 2 unspecified atom stereocenters. The molecule has 0 aromatic carbocycles. The summed E-state index contributed by atoms with van der Waals surface area (Å²) in [4.78, 5) is 36.1. The smallest absolute Gasteiger partial charge is 0.308 e. The van der Waals surface area contributed by atoms with Crippen LogP contribution in [0.1, 0.15) is 51.4 Å². The summed E-state index contributed by atoms with van der Waals surface area (Å²) in [6, 6.07) is -0.347. The molecule has 146 valence electrons. The van der Waals surface area contributed by atoms with Crippen molar-refractivity contribution in [1.29, 1.82) is 0 Å². The van der Waals surface area contributed by atoms with Gasteiger partial charge in [-0.05, 0) is 32.1 Å². The number of aliphatic hydroxyl groups excluding tert-OH is 1. The first-order valence-electron chi connectivity index (χ1n) is 9.31. The summed E-state index contributed by atoms with van der Waals surface area (Å²) < 4.78 is 9.59. The minimum Gasteiger partial charge on any atom is -0.512 e. The van der Waals surface area contributed by atoms with Crippen molar-refractivity contribution >= 4 is 17.8 Å². The van der Waals surface area contributed by atoms with Gasteiger partial charge in [-0.3, -0.25) is 14.4 Å². The number of rotatable bonds is 5. The van der Waals surface area contributed by atoms with Gasteiger partial charge in [-0.1, -0.05) is 19.3 Å². The molecule has 0 radical (unpaired) electrons. The van der Waals surface area contributed by atoms with Gasteiger partial charge in [0.05, 0.1) is 26.1 Å². The SMILES string of the molecule is COC(=O)C1CC(NC(=O)C=C(O)C2CCCCC2)CC(C(=O)OC)C1. The van der Waals surface area contributed by atoms with E-state index < -0.39 is 29.7 Å². The van der Waals surface area contributed by atoms with Crippen LogP contribution in [0.2, 0.25) is 0 Å². The molecule has 2 fully saturated rings. The number of esters is 2. The second-order valence-corrected chi connectivity index (χ2v) is 7.26. The summed E-state index contributed by atoms with van der Waals surface area (Å²) in [7, 11) is 2.62. The number of nitrogens with one attached hydrogen (secondary N) is 1. The van der Waals surface area contributed by atoms with Crippen LogP contribution in [0.4, 0.5) is 0 Å². The Morgan fingerprint density at radius 3 is 1.92 bits per heavy atom. The van der Waals surface area contributed by atoms with Gasteiger partial charge in [0.2, 0.25) is 5.91 Å². The van der Waals surface area contributed by atoms with Crippen LogP contribution in [0.3, 0.4) is 0 Å². The van der Waals surface area contributed by atoms with Crippen LogP contribution in [-0.4, -0.2) is 43.2 Å². The lowest BCUT2D eigenvalue weighted by Crippen LogP contribution is -2.44. The molecule has 7 nitrogen and oxygen atoms in total. The third-order valence-electron chi connectivity index (χ3n) is 5.42. The molecule has 0 bridgehead atoms. The fourth-order valence-electron chi connectivity index (χ4n) is 4.05. The van der Waals surface area contributed by atoms with E-state index >= 15 is 0 Å². The Kier molecular flexibility index (Phi) is 7.48. The van der Waals surface area contributed by atoms with E-state index in [0.29, 0.717) is 19.3 Å². The lowest BCUT2D eigenvalue weighted by atomic mass is 9.78. The lowest BCUT2D eigenvalue weighted by Gasteiger charge is -2.32. The zero-order chi connectivity index (χ0) is 19.1. The molecule has 2 rings (SSSR count). The van der Waals surface area contributed by atoms with Gasteiger partial charge in [0.25, 0.3) is 0 Å². The summed E-state index contributed by atoms with van der Waals surface area (Å²) in [6.45, 7) is 0. The van der Waals surface area contributed by atoms with Gasteiger partial charge in [0.15, 0.2) is 0 Å². The number of carbonyl (C=O) groups is 3. The van der Waals surface area contributed by atoms with Crippen molar-refractivity contribution in [2.75, 3.05) is 14.2 Å². The summed E-state index contributed by atoms with van der Waals surface area (Å²) in [5.74, 6) is -1.93. The van der Waals surface area contributed by atoms with Crippen LogP contribution in [0.15, 0.2) is 11.8 Å². The highest BCUT2D eigenvalue weighted by atomic mass is 16.5. The average molecular weight is 367 g/mol. The number of allylic oxidation sites excluding steroid dienone is 1. The topological polar surface area (TPSA) is 102 Å². The first-order chi connectivity index (χ1) is 12.4. The van der Waals surface area contributed by atoms with Gasteiger partial charge in [0, 0.05) is 18.0 Å². The van der Waals surface area contributed by atoms with E-state index in [4.69, 9.17) is 9.47 Å².